The number of methoxy groups -OCH3 is 1. The van der Waals surface area contributed by atoms with Gasteiger partial charge >= 0.3 is 12.1 Å². The molecule has 182 valence electrons. The van der Waals surface area contributed by atoms with Crippen LogP contribution in [0.1, 0.15) is 11.1 Å². The standard InChI is InChI=1S/C27H28N2O6/c1-34-26(32)23(16-19-12-14-22(15-13-19)21-10-6-3-7-11-21)28-25(31)24(17-30)29-27(33)35-18-20-8-4-2-5-9-20/h2-15,23-24,30H,16-18H2,1H3,(H,28,31)(H,29,33)/t23-,24-/m0/s1. The summed E-state index contributed by atoms with van der Waals surface area (Å²) in [6, 6.07) is 24.2. The monoisotopic (exact) mass is 476 g/mol. The summed E-state index contributed by atoms with van der Waals surface area (Å²) in [6.45, 7) is -0.665. The molecule has 0 radical (unpaired) electrons. The Morgan fingerprint density at radius 1 is 0.771 bits per heavy atom. The molecule has 2 atom stereocenters. The van der Waals surface area contributed by atoms with E-state index in [0.717, 1.165) is 22.3 Å². The summed E-state index contributed by atoms with van der Waals surface area (Å²) in [6.07, 6.45) is -0.696. The van der Waals surface area contributed by atoms with Gasteiger partial charge in [-0.15, -0.1) is 0 Å². The number of esters is 1. The van der Waals surface area contributed by atoms with Crippen LogP contribution in [0.4, 0.5) is 4.79 Å². The molecule has 0 aromatic heterocycles. The number of carbonyl (C=O) groups is 3. The maximum Gasteiger partial charge on any atom is 0.408 e. The van der Waals surface area contributed by atoms with Crippen LogP contribution in [0.3, 0.4) is 0 Å². The second-order valence-corrected chi connectivity index (χ2v) is 7.79. The van der Waals surface area contributed by atoms with E-state index in [0.29, 0.717) is 0 Å². The van der Waals surface area contributed by atoms with E-state index < -0.39 is 36.7 Å². The van der Waals surface area contributed by atoms with Crippen LogP contribution in [0, 0.1) is 0 Å². The molecule has 3 aromatic carbocycles. The molecule has 3 aromatic rings. The van der Waals surface area contributed by atoms with Crippen molar-refractivity contribution >= 4 is 18.0 Å². The number of nitrogens with one attached hydrogen (secondary N) is 2. The van der Waals surface area contributed by atoms with E-state index in [2.05, 4.69) is 10.6 Å². The van der Waals surface area contributed by atoms with Gasteiger partial charge in [-0.25, -0.2) is 9.59 Å². The molecule has 0 spiro atoms. The van der Waals surface area contributed by atoms with Crippen molar-refractivity contribution in [3.8, 4) is 11.1 Å². The maximum absolute atomic E-state index is 12.7. The molecule has 8 nitrogen and oxygen atoms in total. The fourth-order valence-corrected chi connectivity index (χ4v) is 3.41. The minimum absolute atomic E-state index is 0.0101. The minimum atomic E-state index is -1.30. The Bertz CT molecular complexity index is 1100. The molecule has 0 unspecified atom stereocenters. The summed E-state index contributed by atoms with van der Waals surface area (Å²) in [5, 5.41) is 14.5. The smallest absolute Gasteiger partial charge is 0.408 e. The van der Waals surface area contributed by atoms with Crippen molar-refractivity contribution in [2.24, 2.45) is 0 Å². The number of hydrogen-bond donors (Lipinski definition) is 3. The average Bonchev–Trinajstić information content (AvgIpc) is 2.91. The number of rotatable bonds is 10. The first-order chi connectivity index (χ1) is 17.0. The molecule has 3 rings (SSSR count). The van der Waals surface area contributed by atoms with Gasteiger partial charge in [0.2, 0.25) is 5.91 Å². The van der Waals surface area contributed by atoms with Crippen molar-refractivity contribution in [3.63, 3.8) is 0 Å². The van der Waals surface area contributed by atoms with Gasteiger partial charge in [-0.05, 0) is 22.3 Å². The van der Waals surface area contributed by atoms with E-state index in [1.165, 1.54) is 7.11 Å². The van der Waals surface area contributed by atoms with Crippen LogP contribution < -0.4 is 10.6 Å². The fraction of sp³-hybridized carbons (Fsp3) is 0.222. The Morgan fingerprint density at radius 3 is 1.97 bits per heavy atom. The zero-order valence-electron chi connectivity index (χ0n) is 19.3. The second-order valence-electron chi connectivity index (χ2n) is 7.79. The summed E-state index contributed by atoms with van der Waals surface area (Å²) < 4.78 is 9.93. The van der Waals surface area contributed by atoms with E-state index in [9.17, 15) is 19.5 Å². The third-order valence-electron chi connectivity index (χ3n) is 5.31. The van der Waals surface area contributed by atoms with Crippen molar-refractivity contribution in [1.82, 2.24) is 10.6 Å². The first-order valence-electron chi connectivity index (χ1n) is 11.1. The molecule has 0 saturated carbocycles. The van der Waals surface area contributed by atoms with Crippen LogP contribution in [0.15, 0.2) is 84.9 Å². The zero-order chi connectivity index (χ0) is 25.0. The Balaban J connectivity index is 1.59. The van der Waals surface area contributed by atoms with E-state index in [1.807, 2.05) is 72.8 Å². The van der Waals surface area contributed by atoms with Gasteiger partial charge in [0.25, 0.3) is 0 Å². The molecule has 0 bridgehead atoms. The molecule has 0 fully saturated rings. The number of carbonyl (C=O) groups excluding carboxylic acids is 3. The Hall–Kier alpha value is -4.17. The van der Waals surface area contributed by atoms with Crippen LogP contribution in [0.2, 0.25) is 0 Å². The van der Waals surface area contributed by atoms with Gasteiger partial charge in [-0.1, -0.05) is 84.9 Å². The van der Waals surface area contributed by atoms with Gasteiger partial charge in [0.15, 0.2) is 0 Å². The highest BCUT2D eigenvalue weighted by Crippen LogP contribution is 2.20. The van der Waals surface area contributed by atoms with Gasteiger partial charge in [0, 0.05) is 6.42 Å². The zero-order valence-corrected chi connectivity index (χ0v) is 19.3. The molecule has 0 saturated heterocycles. The number of amides is 2. The summed E-state index contributed by atoms with van der Waals surface area (Å²) in [5.41, 5.74) is 3.66. The Kier molecular flexibility index (Phi) is 9.39. The summed E-state index contributed by atoms with van der Waals surface area (Å²) in [4.78, 5) is 37.1. The normalized spacial score (nSPS) is 12.2. The molecule has 0 aliphatic carbocycles. The summed E-state index contributed by atoms with van der Waals surface area (Å²) >= 11 is 0. The lowest BCUT2D eigenvalue weighted by atomic mass is 10.0. The van der Waals surface area contributed by atoms with Crippen molar-refractivity contribution < 1.29 is 29.0 Å². The Morgan fingerprint density at radius 2 is 1.37 bits per heavy atom. The minimum Gasteiger partial charge on any atom is -0.467 e. The molecule has 8 heteroatoms. The topological polar surface area (TPSA) is 114 Å². The van der Waals surface area contributed by atoms with E-state index in [4.69, 9.17) is 9.47 Å². The number of benzene rings is 3. The van der Waals surface area contributed by atoms with E-state index in [1.54, 1.807) is 12.1 Å². The maximum atomic E-state index is 12.7. The van der Waals surface area contributed by atoms with Gasteiger partial charge < -0.3 is 25.2 Å². The SMILES string of the molecule is COC(=O)[C@H](Cc1ccc(-c2ccccc2)cc1)NC(=O)[C@H](CO)NC(=O)OCc1ccccc1. The third kappa shape index (κ3) is 7.68. The van der Waals surface area contributed by atoms with E-state index in [-0.39, 0.29) is 13.0 Å². The lowest BCUT2D eigenvalue weighted by Crippen LogP contribution is -2.54. The highest BCUT2D eigenvalue weighted by Gasteiger charge is 2.27. The van der Waals surface area contributed by atoms with Gasteiger partial charge in [-0.3, -0.25) is 4.79 Å². The van der Waals surface area contributed by atoms with Crippen molar-refractivity contribution in [3.05, 3.63) is 96.1 Å². The average molecular weight is 477 g/mol. The molecule has 0 aliphatic heterocycles. The molecule has 0 aliphatic rings. The number of alkyl carbamates (subject to hydrolysis) is 1. The van der Waals surface area contributed by atoms with Gasteiger partial charge in [0.1, 0.15) is 18.7 Å². The number of aliphatic hydroxyl groups is 1. The quantitative estimate of drug-likeness (QED) is 0.388. The lowest BCUT2D eigenvalue weighted by Gasteiger charge is -2.21. The van der Waals surface area contributed by atoms with E-state index >= 15 is 0 Å². The molecular formula is C27H28N2O6. The Labute approximate surface area is 203 Å². The van der Waals surface area contributed by atoms with Crippen LogP contribution in [-0.2, 0) is 32.1 Å². The first kappa shape index (κ1) is 25.5. The predicted molar refractivity (Wildman–Crippen MR) is 130 cm³/mol. The third-order valence-corrected chi connectivity index (χ3v) is 5.31. The van der Waals surface area contributed by atoms with Gasteiger partial charge in [-0.2, -0.15) is 0 Å². The largest absolute Gasteiger partial charge is 0.467 e. The van der Waals surface area contributed by atoms with Crippen molar-refractivity contribution in [2.75, 3.05) is 13.7 Å². The molecule has 2 amide bonds. The highest BCUT2D eigenvalue weighted by molar-refractivity contribution is 5.89. The molecule has 0 heterocycles. The molecule has 3 N–H and O–H groups in total. The molecule has 35 heavy (non-hydrogen) atoms. The van der Waals surface area contributed by atoms with Crippen LogP contribution in [0.25, 0.3) is 11.1 Å². The van der Waals surface area contributed by atoms with Crippen LogP contribution in [-0.4, -0.2) is 48.9 Å². The van der Waals surface area contributed by atoms with Crippen molar-refractivity contribution in [2.45, 2.75) is 25.1 Å². The summed E-state index contributed by atoms with van der Waals surface area (Å²) in [5.74, 6) is -1.38. The van der Waals surface area contributed by atoms with Crippen LogP contribution in [0.5, 0.6) is 0 Å². The summed E-state index contributed by atoms with van der Waals surface area (Å²) in [7, 11) is 1.22. The second kappa shape index (κ2) is 12.9. The predicted octanol–water partition coefficient (Wildman–Crippen LogP) is 2.84. The highest BCUT2D eigenvalue weighted by atomic mass is 16.5. The van der Waals surface area contributed by atoms with Crippen LogP contribution >= 0.6 is 0 Å². The number of hydrogen-bond acceptors (Lipinski definition) is 6. The lowest BCUT2D eigenvalue weighted by molar-refractivity contribution is -0.145. The first-order valence-corrected chi connectivity index (χ1v) is 11.1. The number of aliphatic hydroxyl groups excluding tert-OH is 1. The van der Waals surface area contributed by atoms with Gasteiger partial charge in [0.05, 0.1) is 13.7 Å². The van der Waals surface area contributed by atoms with Crippen molar-refractivity contribution in [1.29, 1.82) is 0 Å². The molecular weight excluding hydrogens is 448 g/mol. The number of ether oxygens (including phenoxy) is 2. The fourth-order valence-electron chi connectivity index (χ4n) is 3.41.